The minimum Gasteiger partial charge on any atom is -0.461 e. The monoisotopic (exact) mass is 518 g/mol. The number of benzene rings is 1. The van der Waals surface area contributed by atoms with Gasteiger partial charge in [0.1, 0.15) is 18.1 Å². The Morgan fingerprint density at radius 1 is 1.14 bits per heavy atom. The van der Waals surface area contributed by atoms with Crippen LogP contribution in [0.3, 0.4) is 0 Å². The summed E-state index contributed by atoms with van der Waals surface area (Å²) >= 11 is 0. The molecule has 0 saturated carbocycles. The molecular formula is C26H33F3N6O2. The Morgan fingerprint density at radius 3 is 2.59 bits per heavy atom. The Hall–Kier alpha value is -2.92. The maximum atomic E-state index is 13.4. The third-order valence-corrected chi connectivity index (χ3v) is 7.89. The van der Waals surface area contributed by atoms with E-state index in [1.54, 1.807) is 19.1 Å². The average Bonchev–Trinajstić information content (AvgIpc) is 3.33. The first-order valence-corrected chi connectivity index (χ1v) is 12.8. The third kappa shape index (κ3) is 4.86. The van der Waals surface area contributed by atoms with Gasteiger partial charge in [0.05, 0.1) is 17.7 Å². The van der Waals surface area contributed by atoms with Crippen LogP contribution in [0.25, 0.3) is 16.5 Å². The SMILES string of the molecule is Cc1c(/C(=C/N)C(=N)C(F)(F)F)ccc2c(N3CCCOCC3)nc(OCC34CCCN3CCC4)nc12. The molecule has 0 aliphatic carbocycles. The van der Waals surface area contributed by atoms with Crippen molar-refractivity contribution in [3.8, 4) is 6.01 Å². The second-order valence-corrected chi connectivity index (χ2v) is 10.1. The van der Waals surface area contributed by atoms with Crippen LogP contribution in [0.1, 0.15) is 43.2 Å². The quantitative estimate of drug-likeness (QED) is 0.557. The van der Waals surface area contributed by atoms with Crippen LogP contribution in [0.4, 0.5) is 19.0 Å². The number of alkyl halides is 3. The lowest BCUT2D eigenvalue weighted by molar-refractivity contribution is -0.0578. The minimum atomic E-state index is -4.82. The number of aromatic nitrogens is 2. The molecule has 0 radical (unpaired) electrons. The molecule has 1 aromatic heterocycles. The molecule has 5 rings (SSSR count). The maximum Gasteiger partial charge on any atom is 0.433 e. The van der Waals surface area contributed by atoms with E-state index >= 15 is 0 Å². The van der Waals surface area contributed by atoms with Crippen LogP contribution in [-0.4, -0.2) is 78.3 Å². The molecule has 3 aliphatic heterocycles. The molecule has 3 saturated heterocycles. The summed E-state index contributed by atoms with van der Waals surface area (Å²) in [4.78, 5) is 14.1. The summed E-state index contributed by atoms with van der Waals surface area (Å²) in [7, 11) is 0. The van der Waals surface area contributed by atoms with Crippen LogP contribution >= 0.6 is 0 Å². The first kappa shape index (κ1) is 25.7. The van der Waals surface area contributed by atoms with E-state index in [-0.39, 0.29) is 22.7 Å². The van der Waals surface area contributed by atoms with Crippen LogP contribution in [-0.2, 0) is 4.74 Å². The fourth-order valence-corrected chi connectivity index (χ4v) is 5.97. The fourth-order valence-electron chi connectivity index (χ4n) is 5.97. The molecule has 3 aliphatic rings. The Kier molecular flexibility index (Phi) is 7.01. The number of anilines is 1. The molecule has 2 aromatic rings. The number of hydrogen-bond donors (Lipinski definition) is 2. The van der Waals surface area contributed by atoms with E-state index in [0.29, 0.717) is 48.6 Å². The van der Waals surface area contributed by atoms with E-state index in [9.17, 15) is 13.2 Å². The Labute approximate surface area is 214 Å². The van der Waals surface area contributed by atoms with Crippen molar-refractivity contribution in [1.29, 1.82) is 5.41 Å². The van der Waals surface area contributed by atoms with Gasteiger partial charge in [0.2, 0.25) is 0 Å². The van der Waals surface area contributed by atoms with Crippen molar-refractivity contribution < 1.29 is 22.6 Å². The second-order valence-electron chi connectivity index (χ2n) is 10.1. The number of rotatable bonds is 6. The van der Waals surface area contributed by atoms with Crippen LogP contribution in [0.15, 0.2) is 18.3 Å². The van der Waals surface area contributed by atoms with Gasteiger partial charge in [-0.2, -0.15) is 23.1 Å². The first-order valence-electron chi connectivity index (χ1n) is 12.8. The number of ether oxygens (including phenoxy) is 2. The van der Waals surface area contributed by atoms with Gasteiger partial charge in [-0.05, 0) is 69.3 Å². The van der Waals surface area contributed by atoms with E-state index in [0.717, 1.165) is 57.9 Å². The van der Waals surface area contributed by atoms with Gasteiger partial charge in [0, 0.05) is 36.9 Å². The van der Waals surface area contributed by atoms with Crippen molar-refractivity contribution in [2.45, 2.75) is 50.7 Å². The van der Waals surface area contributed by atoms with Gasteiger partial charge < -0.3 is 20.1 Å². The number of nitrogens with one attached hydrogen (secondary N) is 1. The normalized spacial score (nSPS) is 20.8. The maximum absolute atomic E-state index is 13.4. The molecule has 0 amide bonds. The van der Waals surface area contributed by atoms with Gasteiger partial charge in [-0.3, -0.25) is 10.3 Å². The van der Waals surface area contributed by atoms with Crippen molar-refractivity contribution in [2.75, 3.05) is 50.9 Å². The van der Waals surface area contributed by atoms with Gasteiger partial charge >= 0.3 is 12.2 Å². The fraction of sp³-hybridized carbons (Fsp3) is 0.577. The van der Waals surface area contributed by atoms with Crippen molar-refractivity contribution in [2.24, 2.45) is 5.73 Å². The lowest BCUT2D eigenvalue weighted by Crippen LogP contribution is -2.43. The molecular weight excluding hydrogens is 485 g/mol. The van der Waals surface area contributed by atoms with Gasteiger partial charge in [-0.1, -0.05) is 6.07 Å². The zero-order valence-electron chi connectivity index (χ0n) is 21.0. The van der Waals surface area contributed by atoms with E-state index in [2.05, 4.69) is 9.80 Å². The predicted octanol–water partition coefficient (Wildman–Crippen LogP) is 4.05. The molecule has 8 nitrogen and oxygen atoms in total. The number of nitrogens with two attached hydrogens (primary N) is 1. The summed E-state index contributed by atoms with van der Waals surface area (Å²) in [5.74, 6) is 0.677. The molecule has 3 N–H and O–H groups in total. The Bertz CT molecular complexity index is 1200. The highest BCUT2D eigenvalue weighted by Gasteiger charge is 2.45. The van der Waals surface area contributed by atoms with E-state index in [1.807, 2.05) is 0 Å². The Balaban J connectivity index is 1.57. The van der Waals surface area contributed by atoms with Crippen LogP contribution in [0, 0.1) is 12.3 Å². The number of fused-ring (bicyclic) bond motifs is 2. The second kappa shape index (κ2) is 10.1. The van der Waals surface area contributed by atoms with Crippen molar-refractivity contribution >= 4 is 28.0 Å². The standard InChI is InChI=1S/C26H33F3N6O2/c1-17-18(20(15-30)22(31)26(27,28)29)5-6-19-21(17)32-24(33-23(19)34-9-4-13-36-14-12-34)37-16-25-7-2-10-35(25)11-3-8-25/h5-6,15,31H,2-4,7-14,16,30H2,1H3/b20-15-,31-22?. The molecule has 4 heterocycles. The third-order valence-electron chi connectivity index (χ3n) is 7.89. The largest absolute Gasteiger partial charge is 0.461 e. The number of halogens is 3. The summed E-state index contributed by atoms with van der Waals surface area (Å²) in [6.07, 6.45) is 1.28. The molecule has 200 valence electrons. The van der Waals surface area contributed by atoms with Gasteiger partial charge in [0.25, 0.3) is 0 Å². The van der Waals surface area contributed by atoms with E-state index < -0.39 is 11.9 Å². The number of allylic oxidation sites excluding steroid dienone is 1. The van der Waals surface area contributed by atoms with Gasteiger partial charge in [-0.15, -0.1) is 0 Å². The zero-order chi connectivity index (χ0) is 26.2. The van der Waals surface area contributed by atoms with Crippen molar-refractivity contribution in [3.63, 3.8) is 0 Å². The summed E-state index contributed by atoms with van der Waals surface area (Å²) in [5, 5.41) is 8.40. The topological polar surface area (TPSA) is 101 Å². The summed E-state index contributed by atoms with van der Waals surface area (Å²) < 4.78 is 52.1. The molecule has 0 atom stereocenters. The summed E-state index contributed by atoms with van der Waals surface area (Å²) in [6.45, 7) is 6.91. The minimum absolute atomic E-state index is 0.00304. The summed E-state index contributed by atoms with van der Waals surface area (Å²) in [6, 6.07) is 3.49. The Morgan fingerprint density at radius 2 is 1.89 bits per heavy atom. The smallest absolute Gasteiger partial charge is 0.433 e. The van der Waals surface area contributed by atoms with Gasteiger partial charge in [-0.25, -0.2) is 0 Å². The predicted molar refractivity (Wildman–Crippen MR) is 136 cm³/mol. The molecule has 0 unspecified atom stereocenters. The lowest BCUT2D eigenvalue weighted by Gasteiger charge is -2.31. The summed E-state index contributed by atoms with van der Waals surface area (Å²) in [5.41, 5.74) is 4.91. The van der Waals surface area contributed by atoms with Crippen LogP contribution < -0.4 is 15.4 Å². The molecule has 0 spiro atoms. The zero-order valence-corrected chi connectivity index (χ0v) is 21.0. The number of aryl methyl sites for hydroxylation is 1. The van der Waals surface area contributed by atoms with E-state index in [1.165, 1.54) is 0 Å². The number of hydrogen-bond acceptors (Lipinski definition) is 8. The highest BCUT2D eigenvalue weighted by Crippen LogP contribution is 2.40. The first-order chi connectivity index (χ1) is 17.7. The average molecular weight is 519 g/mol. The lowest BCUT2D eigenvalue weighted by atomic mass is 9.95. The molecule has 11 heteroatoms. The van der Waals surface area contributed by atoms with Crippen molar-refractivity contribution in [3.05, 3.63) is 29.5 Å². The van der Waals surface area contributed by atoms with Crippen LogP contribution in [0.5, 0.6) is 6.01 Å². The highest BCUT2D eigenvalue weighted by molar-refractivity contribution is 6.25. The van der Waals surface area contributed by atoms with Crippen LogP contribution in [0.2, 0.25) is 0 Å². The van der Waals surface area contributed by atoms with Crippen molar-refractivity contribution in [1.82, 2.24) is 14.9 Å². The number of nitrogens with zero attached hydrogens (tertiary/aromatic N) is 4. The molecule has 3 fully saturated rings. The molecule has 37 heavy (non-hydrogen) atoms. The molecule has 1 aromatic carbocycles. The van der Waals surface area contributed by atoms with E-state index in [4.69, 9.17) is 30.6 Å². The highest BCUT2D eigenvalue weighted by atomic mass is 19.4. The van der Waals surface area contributed by atoms with Gasteiger partial charge in [0.15, 0.2) is 0 Å². The molecule has 0 bridgehead atoms.